The number of hydrogen-bond donors (Lipinski definition) is 0. The monoisotopic (exact) mass is 173 g/mol. The number of nitrogens with zero attached hydrogens (tertiary/aromatic N) is 2. The van der Waals surface area contributed by atoms with Crippen LogP contribution in [0.3, 0.4) is 0 Å². The molecule has 66 valence electrons. The number of aromatic nitrogens is 1. The number of para-hydroxylation sites is 1. The summed E-state index contributed by atoms with van der Waals surface area (Å²) in [6.45, 7) is 0. The van der Waals surface area contributed by atoms with E-state index in [4.69, 9.17) is 1.37 Å². The van der Waals surface area contributed by atoms with E-state index in [1.54, 1.807) is 6.07 Å². The van der Waals surface area contributed by atoms with Crippen LogP contribution in [0.25, 0.3) is 10.9 Å². The Morgan fingerprint density at radius 3 is 2.77 bits per heavy atom. The van der Waals surface area contributed by atoms with E-state index < -0.39 is 0 Å². The van der Waals surface area contributed by atoms with E-state index in [-0.39, 0.29) is 0 Å². The molecule has 2 heteroatoms. The van der Waals surface area contributed by atoms with Crippen molar-refractivity contribution in [2.24, 2.45) is 0 Å². The predicted octanol–water partition coefficient (Wildman–Crippen LogP) is 2.30. The van der Waals surface area contributed by atoms with Gasteiger partial charge in [0, 0.05) is 31.3 Å². The summed E-state index contributed by atoms with van der Waals surface area (Å²) >= 11 is 0. The Kier molecular flexibility index (Phi) is 1.62. The molecule has 0 aliphatic rings. The molecule has 1 heterocycles. The minimum atomic E-state index is 0.312. The van der Waals surface area contributed by atoms with E-state index in [9.17, 15) is 0 Å². The molecule has 0 spiro atoms. The van der Waals surface area contributed by atoms with Gasteiger partial charge in [-0.1, -0.05) is 18.2 Å². The molecule has 1 aromatic heterocycles. The number of rotatable bonds is 1. The first-order valence-electron chi connectivity index (χ1n) is 4.72. The van der Waals surface area contributed by atoms with Gasteiger partial charge >= 0.3 is 0 Å². The number of benzene rings is 1. The maximum atomic E-state index is 7.57. The van der Waals surface area contributed by atoms with Gasteiger partial charge in [-0.05, 0) is 12.1 Å². The molecule has 13 heavy (non-hydrogen) atoms. The predicted molar refractivity (Wildman–Crippen MR) is 56.1 cm³/mol. The third-order valence-electron chi connectivity index (χ3n) is 2.05. The SMILES string of the molecule is [2H]c1cc(N(C)C)c2ccccc2n1. The molecular formula is C11H12N2. The quantitative estimate of drug-likeness (QED) is 0.657. The van der Waals surface area contributed by atoms with Crippen LogP contribution in [0.4, 0.5) is 5.69 Å². The fourth-order valence-corrected chi connectivity index (χ4v) is 1.40. The third-order valence-corrected chi connectivity index (χ3v) is 2.05. The van der Waals surface area contributed by atoms with Crippen LogP contribution < -0.4 is 4.90 Å². The van der Waals surface area contributed by atoms with Gasteiger partial charge < -0.3 is 4.90 Å². The fraction of sp³-hybridized carbons (Fsp3) is 0.182. The summed E-state index contributed by atoms with van der Waals surface area (Å²) in [5, 5.41) is 1.09. The molecule has 0 atom stereocenters. The van der Waals surface area contributed by atoms with Gasteiger partial charge in [0.25, 0.3) is 0 Å². The molecule has 2 aromatic rings. The fourth-order valence-electron chi connectivity index (χ4n) is 1.40. The highest BCUT2D eigenvalue weighted by Crippen LogP contribution is 2.22. The van der Waals surface area contributed by atoms with E-state index in [1.807, 2.05) is 43.3 Å². The molecule has 0 unspecified atom stereocenters. The van der Waals surface area contributed by atoms with E-state index >= 15 is 0 Å². The Balaban J connectivity index is 2.80. The van der Waals surface area contributed by atoms with Gasteiger partial charge in [0.2, 0.25) is 0 Å². The second-order valence-electron chi connectivity index (χ2n) is 3.18. The molecule has 0 radical (unpaired) electrons. The summed E-state index contributed by atoms with van der Waals surface area (Å²) in [5.74, 6) is 0. The minimum absolute atomic E-state index is 0.312. The number of pyridine rings is 1. The highest BCUT2D eigenvalue weighted by atomic mass is 15.1. The maximum Gasteiger partial charge on any atom is 0.0841 e. The van der Waals surface area contributed by atoms with Crippen LogP contribution in [0.1, 0.15) is 1.37 Å². The average molecular weight is 173 g/mol. The van der Waals surface area contributed by atoms with Gasteiger partial charge in [-0.3, -0.25) is 4.98 Å². The number of anilines is 1. The molecule has 0 bridgehead atoms. The van der Waals surface area contributed by atoms with Crippen molar-refractivity contribution in [3.05, 3.63) is 36.5 Å². The molecule has 1 aromatic carbocycles. The van der Waals surface area contributed by atoms with Crippen LogP contribution in [0.2, 0.25) is 0 Å². The third kappa shape index (κ3) is 1.35. The molecule has 2 nitrogen and oxygen atoms in total. The summed E-state index contributed by atoms with van der Waals surface area (Å²) < 4.78 is 7.57. The molecule has 0 N–H and O–H groups in total. The molecule has 0 amide bonds. The largest absolute Gasteiger partial charge is 0.377 e. The molecule has 0 fully saturated rings. The Hall–Kier alpha value is -1.57. The first-order chi connectivity index (χ1) is 6.68. The van der Waals surface area contributed by atoms with Crippen LogP contribution in [-0.2, 0) is 0 Å². The van der Waals surface area contributed by atoms with Gasteiger partial charge in [0.05, 0.1) is 6.89 Å². The lowest BCUT2D eigenvalue weighted by molar-refractivity contribution is 1.14. The molecule has 0 aliphatic heterocycles. The van der Waals surface area contributed by atoms with Crippen molar-refractivity contribution in [1.82, 2.24) is 4.98 Å². The van der Waals surface area contributed by atoms with Crippen LogP contribution in [-0.4, -0.2) is 19.1 Å². The van der Waals surface area contributed by atoms with Gasteiger partial charge in [-0.25, -0.2) is 0 Å². The topological polar surface area (TPSA) is 16.1 Å². The summed E-state index contributed by atoms with van der Waals surface area (Å²) in [6, 6.07) is 9.66. The second-order valence-corrected chi connectivity index (χ2v) is 3.18. The Morgan fingerprint density at radius 2 is 2.00 bits per heavy atom. The molecule has 0 saturated heterocycles. The summed E-state index contributed by atoms with van der Waals surface area (Å²) in [5.41, 5.74) is 1.92. The van der Waals surface area contributed by atoms with Gasteiger partial charge in [0.15, 0.2) is 0 Å². The first kappa shape index (κ1) is 6.89. The van der Waals surface area contributed by atoms with Crippen LogP contribution in [0.15, 0.2) is 36.5 Å². The smallest absolute Gasteiger partial charge is 0.0841 e. The van der Waals surface area contributed by atoms with E-state index in [1.165, 1.54) is 0 Å². The van der Waals surface area contributed by atoms with Crippen molar-refractivity contribution < 1.29 is 1.37 Å². The summed E-state index contributed by atoms with van der Waals surface area (Å²) in [6.07, 6.45) is 0.312. The van der Waals surface area contributed by atoms with Crippen molar-refractivity contribution in [2.75, 3.05) is 19.0 Å². The van der Waals surface area contributed by atoms with Crippen molar-refractivity contribution in [3.8, 4) is 0 Å². The summed E-state index contributed by atoms with van der Waals surface area (Å²) in [4.78, 5) is 6.16. The Morgan fingerprint density at radius 1 is 1.23 bits per heavy atom. The zero-order valence-corrected chi connectivity index (χ0v) is 7.78. The minimum Gasteiger partial charge on any atom is -0.377 e. The van der Waals surface area contributed by atoms with E-state index in [0.29, 0.717) is 6.17 Å². The van der Waals surface area contributed by atoms with E-state index in [2.05, 4.69) is 4.98 Å². The second kappa shape index (κ2) is 3.05. The zero-order valence-electron chi connectivity index (χ0n) is 8.78. The van der Waals surface area contributed by atoms with Gasteiger partial charge in [-0.2, -0.15) is 0 Å². The highest BCUT2D eigenvalue weighted by molar-refractivity contribution is 5.91. The van der Waals surface area contributed by atoms with Crippen molar-refractivity contribution >= 4 is 16.6 Å². The van der Waals surface area contributed by atoms with Crippen LogP contribution >= 0.6 is 0 Å². The molecule has 2 rings (SSSR count). The normalized spacial score (nSPS) is 11.4. The van der Waals surface area contributed by atoms with Crippen molar-refractivity contribution in [1.29, 1.82) is 0 Å². The van der Waals surface area contributed by atoms with Gasteiger partial charge in [0.1, 0.15) is 0 Å². The highest BCUT2D eigenvalue weighted by Gasteiger charge is 2.01. The lowest BCUT2D eigenvalue weighted by Crippen LogP contribution is -2.09. The summed E-state index contributed by atoms with van der Waals surface area (Å²) in [7, 11) is 3.95. The number of fused-ring (bicyclic) bond motifs is 1. The standard InChI is InChI=1S/C11H12N2/c1-13(2)11-7-8-12-10-6-4-3-5-9(10)11/h3-8H,1-2H3/i8D. The lowest BCUT2D eigenvalue weighted by atomic mass is 10.2. The molecule has 0 aliphatic carbocycles. The van der Waals surface area contributed by atoms with Crippen LogP contribution in [0, 0.1) is 0 Å². The molecule has 0 saturated carbocycles. The van der Waals surface area contributed by atoms with E-state index in [0.717, 1.165) is 16.6 Å². The Bertz CT molecular complexity index is 466. The van der Waals surface area contributed by atoms with Gasteiger partial charge in [-0.15, -0.1) is 0 Å². The number of hydrogen-bond acceptors (Lipinski definition) is 2. The lowest BCUT2D eigenvalue weighted by Gasteiger charge is -2.14. The van der Waals surface area contributed by atoms with Crippen molar-refractivity contribution in [3.63, 3.8) is 0 Å². The average Bonchev–Trinajstić information content (AvgIpc) is 2.16. The molecular weight excluding hydrogens is 160 g/mol. The first-order valence-corrected chi connectivity index (χ1v) is 4.22. The maximum absolute atomic E-state index is 7.57. The Labute approximate surface area is 79.2 Å². The zero-order chi connectivity index (χ0) is 10.1. The van der Waals surface area contributed by atoms with Crippen molar-refractivity contribution in [2.45, 2.75) is 0 Å². The van der Waals surface area contributed by atoms with Crippen LogP contribution in [0.5, 0.6) is 0 Å².